The van der Waals surface area contributed by atoms with Crippen molar-refractivity contribution < 1.29 is 0 Å². The van der Waals surface area contributed by atoms with Crippen molar-refractivity contribution in [1.29, 1.82) is 0 Å². The molecule has 0 aliphatic heterocycles. The third-order valence-corrected chi connectivity index (χ3v) is 2.83. The second-order valence-corrected chi connectivity index (χ2v) is 4.30. The Balaban J connectivity index is 3.11. The van der Waals surface area contributed by atoms with Crippen LogP contribution in [0.4, 0.5) is 0 Å². The molecule has 0 nitrogen and oxygen atoms in total. The molecule has 0 fully saturated rings. The Morgan fingerprint density at radius 1 is 1.08 bits per heavy atom. The van der Waals surface area contributed by atoms with E-state index in [9.17, 15) is 0 Å². The topological polar surface area (TPSA) is 0 Å². The number of hydrogen-bond acceptors (Lipinski definition) is 0. The van der Waals surface area contributed by atoms with Gasteiger partial charge in [-0.15, -0.1) is 0 Å². The molecule has 1 unspecified atom stereocenters. The van der Waals surface area contributed by atoms with Crippen LogP contribution in [-0.4, -0.2) is 0 Å². The van der Waals surface area contributed by atoms with Crippen molar-refractivity contribution in [1.82, 2.24) is 0 Å². The van der Waals surface area contributed by atoms with Crippen LogP contribution < -0.4 is 0 Å². The van der Waals surface area contributed by atoms with Gasteiger partial charge in [-0.3, -0.25) is 0 Å². The predicted octanol–water partition coefficient (Wildman–Crippen LogP) is 4.95. The molecule has 1 atom stereocenters. The Labute approximate surface area is 84.4 Å². The third kappa shape index (κ3) is 8.08. The van der Waals surface area contributed by atoms with Gasteiger partial charge in [0, 0.05) is 0 Å². The minimum Gasteiger partial charge on any atom is -0.0999 e. The van der Waals surface area contributed by atoms with E-state index in [0.717, 1.165) is 5.92 Å². The maximum atomic E-state index is 3.98. The molecular formula is C13H26. The van der Waals surface area contributed by atoms with Crippen LogP contribution in [-0.2, 0) is 0 Å². The van der Waals surface area contributed by atoms with Gasteiger partial charge in [-0.1, -0.05) is 64.5 Å². The van der Waals surface area contributed by atoms with E-state index in [4.69, 9.17) is 0 Å². The highest BCUT2D eigenvalue weighted by Gasteiger charge is 2.00. The Morgan fingerprint density at radius 3 is 2.15 bits per heavy atom. The molecule has 0 saturated heterocycles. The van der Waals surface area contributed by atoms with E-state index in [1.807, 2.05) is 0 Å². The SMILES string of the molecule is C=C(C)C(C)CCCCCCCC. The lowest BCUT2D eigenvalue weighted by atomic mass is 9.97. The van der Waals surface area contributed by atoms with E-state index >= 15 is 0 Å². The lowest BCUT2D eigenvalue weighted by Gasteiger charge is -2.09. The zero-order chi connectivity index (χ0) is 10.1. The fourth-order valence-corrected chi connectivity index (χ4v) is 1.48. The van der Waals surface area contributed by atoms with Gasteiger partial charge >= 0.3 is 0 Å². The van der Waals surface area contributed by atoms with Crippen LogP contribution >= 0.6 is 0 Å². The number of hydrogen-bond donors (Lipinski definition) is 0. The fraction of sp³-hybridized carbons (Fsp3) is 0.846. The van der Waals surface area contributed by atoms with Gasteiger partial charge in [-0.25, -0.2) is 0 Å². The molecule has 0 bridgehead atoms. The van der Waals surface area contributed by atoms with Crippen molar-refractivity contribution in [3.63, 3.8) is 0 Å². The molecule has 0 N–H and O–H groups in total. The van der Waals surface area contributed by atoms with Gasteiger partial charge in [-0.05, 0) is 19.3 Å². The first-order valence-electron chi connectivity index (χ1n) is 5.83. The van der Waals surface area contributed by atoms with Crippen LogP contribution in [0.2, 0.25) is 0 Å². The first kappa shape index (κ1) is 12.7. The molecule has 0 aliphatic carbocycles. The zero-order valence-corrected chi connectivity index (χ0v) is 9.73. The van der Waals surface area contributed by atoms with Gasteiger partial charge in [0.1, 0.15) is 0 Å². The van der Waals surface area contributed by atoms with Crippen LogP contribution in [0.25, 0.3) is 0 Å². The molecule has 0 radical (unpaired) electrons. The van der Waals surface area contributed by atoms with Gasteiger partial charge in [0.25, 0.3) is 0 Å². The summed E-state index contributed by atoms with van der Waals surface area (Å²) in [5, 5.41) is 0. The second kappa shape index (κ2) is 8.34. The first-order chi connectivity index (χ1) is 6.18. The molecule has 0 aromatic rings. The standard InChI is InChI=1S/C13H26/c1-5-6-7-8-9-10-11-13(4)12(2)3/h13H,2,5-11H2,1,3-4H3. The molecule has 13 heavy (non-hydrogen) atoms. The Hall–Kier alpha value is -0.260. The maximum absolute atomic E-state index is 3.98. The average molecular weight is 182 g/mol. The summed E-state index contributed by atoms with van der Waals surface area (Å²) in [6.07, 6.45) is 9.75. The molecule has 0 heteroatoms. The first-order valence-corrected chi connectivity index (χ1v) is 5.83. The molecule has 0 aromatic carbocycles. The van der Waals surface area contributed by atoms with Crippen LogP contribution in [0.1, 0.15) is 65.7 Å². The second-order valence-electron chi connectivity index (χ2n) is 4.30. The lowest BCUT2D eigenvalue weighted by Crippen LogP contribution is -1.94. The molecule has 0 amide bonds. The van der Waals surface area contributed by atoms with Crippen molar-refractivity contribution in [3.8, 4) is 0 Å². The number of allylic oxidation sites excluding steroid dienone is 1. The Kier molecular flexibility index (Phi) is 8.18. The molecule has 78 valence electrons. The van der Waals surface area contributed by atoms with Crippen molar-refractivity contribution in [2.24, 2.45) is 5.92 Å². The Bertz CT molecular complexity index is 124. The van der Waals surface area contributed by atoms with Crippen molar-refractivity contribution in [2.75, 3.05) is 0 Å². The van der Waals surface area contributed by atoms with Crippen LogP contribution in [0.15, 0.2) is 12.2 Å². The maximum Gasteiger partial charge on any atom is -0.0237 e. The predicted molar refractivity (Wildman–Crippen MR) is 62.0 cm³/mol. The van der Waals surface area contributed by atoms with Gasteiger partial charge in [0.15, 0.2) is 0 Å². The van der Waals surface area contributed by atoms with Gasteiger partial charge in [-0.2, -0.15) is 0 Å². The van der Waals surface area contributed by atoms with E-state index < -0.39 is 0 Å². The molecule has 0 saturated carbocycles. The summed E-state index contributed by atoms with van der Waals surface area (Å²) in [7, 11) is 0. The normalized spacial score (nSPS) is 12.8. The fourth-order valence-electron chi connectivity index (χ4n) is 1.48. The summed E-state index contributed by atoms with van der Waals surface area (Å²) in [4.78, 5) is 0. The minimum atomic E-state index is 0.728. The van der Waals surface area contributed by atoms with Crippen LogP contribution in [0.5, 0.6) is 0 Å². The van der Waals surface area contributed by atoms with Crippen molar-refractivity contribution in [3.05, 3.63) is 12.2 Å². The quantitative estimate of drug-likeness (QED) is 0.368. The summed E-state index contributed by atoms with van der Waals surface area (Å²) in [5.41, 5.74) is 1.34. The molecule has 0 aromatic heterocycles. The van der Waals surface area contributed by atoms with E-state index in [2.05, 4.69) is 27.4 Å². The lowest BCUT2D eigenvalue weighted by molar-refractivity contribution is 0.529. The summed E-state index contributed by atoms with van der Waals surface area (Å²) < 4.78 is 0. The van der Waals surface area contributed by atoms with Gasteiger partial charge in [0.05, 0.1) is 0 Å². The monoisotopic (exact) mass is 182 g/mol. The van der Waals surface area contributed by atoms with E-state index in [0.29, 0.717) is 0 Å². The highest BCUT2D eigenvalue weighted by atomic mass is 14.1. The summed E-state index contributed by atoms with van der Waals surface area (Å²) in [6.45, 7) is 10.7. The molecule has 0 spiro atoms. The van der Waals surface area contributed by atoms with Crippen LogP contribution in [0, 0.1) is 5.92 Å². The Morgan fingerprint density at radius 2 is 1.62 bits per heavy atom. The average Bonchev–Trinajstić information content (AvgIpc) is 2.10. The third-order valence-electron chi connectivity index (χ3n) is 2.83. The highest BCUT2D eigenvalue weighted by molar-refractivity contribution is 4.93. The van der Waals surface area contributed by atoms with Crippen molar-refractivity contribution in [2.45, 2.75) is 65.7 Å². The molecule has 0 aliphatic rings. The summed E-state index contributed by atoms with van der Waals surface area (Å²) in [6, 6.07) is 0. The number of unbranched alkanes of at least 4 members (excludes halogenated alkanes) is 5. The molecular weight excluding hydrogens is 156 g/mol. The largest absolute Gasteiger partial charge is 0.0999 e. The zero-order valence-electron chi connectivity index (χ0n) is 9.73. The molecule has 0 rings (SSSR count). The molecule has 0 heterocycles. The van der Waals surface area contributed by atoms with E-state index in [1.54, 1.807) is 0 Å². The number of rotatable bonds is 8. The smallest absolute Gasteiger partial charge is 0.0237 e. The summed E-state index contributed by atoms with van der Waals surface area (Å²) >= 11 is 0. The van der Waals surface area contributed by atoms with E-state index in [1.165, 1.54) is 50.5 Å². The van der Waals surface area contributed by atoms with Gasteiger partial charge in [0.2, 0.25) is 0 Å². The van der Waals surface area contributed by atoms with Crippen LogP contribution in [0.3, 0.4) is 0 Å². The van der Waals surface area contributed by atoms with E-state index in [-0.39, 0.29) is 0 Å². The van der Waals surface area contributed by atoms with Crippen molar-refractivity contribution >= 4 is 0 Å². The highest BCUT2D eigenvalue weighted by Crippen LogP contribution is 2.16. The summed E-state index contributed by atoms with van der Waals surface area (Å²) in [5.74, 6) is 0.728. The van der Waals surface area contributed by atoms with Gasteiger partial charge < -0.3 is 0 Å². The minimum absolute atomic E-state index is 0.728.